The van der Waals surface area contributed by atoms with Crippen LogP contribution in [0.25, 0.3) is 22.2 Å². The molecule has 5 rings (SSSR count). The van der Waals surface area contributed by atoms with Gasteiger partial charge in [0.15, 0.2) is 0 Å². The second kappa shape index (κ2) is 11.5. The SMILES string of the molecule is O=C(CC(c1ccccc1)c1ccccc1)NCCSc1c(-c2ccc(Cl)cc2)[nH]c2ccccc12. The predicted molar refractivity (Wildman–Crippen MR) is 152 cm³/mol. The first-order chi connectivity index (χ1) is 17.7. The second-order valence-corrected chi connectivity index (χ2v) is 10.2. The summed E-state index contributed by atoms with van der Waals surface area (Å²) in [6.45, 7) is 0.597. The van der Waals surface area contributed by atoms with Crippen molar-refractivity contribution in [2.75, 3.05) is 12.3 Å². The fraction of sp³-hybridized carbons (Fsp3) is 0.129. The normalized spacial score (nSPS) is 11.2. The largest absolute Gasteiger partial charge is 0.355 e. The summed E-state index contributed by atoms with van der Waals surface area (Å²) < 4.78 is 0. The first kappa shape index (κ1) is 24.2. The van der Waals surface area contributed by atoms with E-state index in [0.29, 0.717) is 13.0 Å². The van der Waals surface area contributed by atoms with Crippen LogP contribution in [-0.4, -0.2) is 23.2 Å². The van der Waals surface area contributed by atoms with Crippen LogP contribution < -0.4 is 5.32 Å². The minimum Gasteiger partial charge on any atom is -0.355 e. The van der Waals surface area contributed by atoms with Crippen LogP contribution in [0.4, 0.5) is 0 Å². The molecule has 0 saturated carbocycles. The number of aromatic nitrogens is 1. The highest BCUT2D eigenvalue weighted by Crippen LogP contribution is 2.38. The van der Waals surface area contributed by atoms with Gasteiger partial charge in [0, 0.05) is 45.5 Å². The number of halogens is 1. The van der Waals surface area contributed by atoms with Crippen molar-refractivity contribution in [1.82, 2.24) is 10.3 Å². The van der Waals surface area contributed by atoms with Crippen LogP contribution in [0.2, 0.25) is 5.02 Å². The first-order valence-electron chi connectivity index (χ1n) is 12.0. The van der Waals surface area contributed by atoms with E-state index >= 15 is 0 Å². The topological polar surface area (TPSA) is 44.9 Å². The Balaban J connectivity index is 1.26. The second-order valence-electron chi connectivity index (χ2n) is 8.66. The Bertz CT molecular complexity index is 1390. The summed E-state index contributed by atoms with van der Waals surface area (Å²) in [5.41, 5.74) is 5.58. The zero-order valence-electron chi connectivity index (χ0n) is 19.8. The number of H-pyrrole nitrogens is 1. The van der Waals surface area contributed by atoms with Crippen molar-refractivity contribution in [2.24, 2.45) is 0 Å². The van der Waals surface area contributed by atoms with Crippen LogP contribution in [0.15, 0.2) is 114 Å². The molecule has 0 atom stereocenters. The van der Waals surface area contributed by atoms with Gasteiger partial charge < -0.3 is 10.3 Å². The molecule has 0 aliphatic carbocycles. The molecular formula is C31H27ClN2OS. The van der Waals surface area contributed by atoms with Crippen LogP contribution in [-0.2, 0) is 4.79 Å². The van der Waals surface area contributed by atoms with Gasteiger partial charge in [0.25, 0.3) is 0 Å². The number of fused-ring (bicyclic) bond motifs is 1. The monoisotopic (exact) mass is 510 g/mol. The minimum atomic E-state index is 0.0326. The Hall–Kier alpha value is -3.47. The van der Waals surface area contributed by atoms with Crippen LogP contribution >= 0.6 is 23.4 Å². The molecule has 5 aromatic rings. The third-order valence-corrected chi connectivity index (χ3v) is 7.63. The molecule has 0 radical (unpaired) electrons. The number of para-hydroxylation sites is 1. The van der Waals surface area contributed by atoms with Gasteiger partial charge >= 0.3 is 0 Å². The van der Waals surface area contributed by atoms with E-state index < -0.39 is 0 Å². The fourth-order valence-electron chi connectivity index (χ4n) is 4.49. The smallest absolute Gasteiger partial charge is 0.220 e. The van der Waals surface area contributed by atoms with Gasteiger partial charge in [-0.15, -0.1) is 11.8 Å². The molecule has 0 saturated heterocycles. The van der Waals surface area contributed by atoms with E-state index in [1.54, 1.807) is 11.8 Å². The van der Waals surface area contributed by atoms with Gasteiger partial charge in [-0.05, 0) is 34.9 Å². The third-order valence-electron chi connectivity index (χ3n) is 6.26. The number of aromatic amines is 1. The molecule has 0 spiro atoms. The molecule has 0 bridgehead atoms. The molecular weight excluding hydrogens is 484 g/mol. The molecule has 180 valence electrons. The highest BCUT2D eigenvalue weighted by atomic mass is 35.5. The lowest BCUT2D eigenvalue weighted by Crippen LogP contribution is -2.27. The summed E-state index contributed by atoms with van der Waals surface area (Å²) in [6.07, 6.45) is 0.418. The van der Waals surface area contributed by atoms with Crippen molar-refractivity contribution in [3.63, 3.8) is 0 Å². The van der Waals surface area contributed by atoms with Crippen LogP contribution in [0.3, 0.4) is 0 Å². The van der Waals surface area contributed by atoms with E-state index in [4.69, 9.17) is 11.6 Å². The van der Waals surface area contributed by atoms with Gasteiger partial charge in [-0.2, -0.15) is 0 Å². The standard InChI is InChI=1S/C31H27ClN2OS/c32-25-17-15-24(16-18-25)30-31(26-13-7-8-14-28(26)34-30)36-20-19-33-29(35)21-27(22-9-3-1-4-10-22)23-11-5-2-6-12-23/h1-18,27,34H,19-21H2,(H,33,35). The maximum atomic E-state index is 13.0. The van der Waals surface area contributed by atoms with Crippen molar-refractivity contribution in [3.05, 3.63) is 125 Å². The summed E-state index contributed by atoms with van der Waals surface area (Å²) in [4.78, 5) is 17.7. The van der Waals surface area contributed by atoms with E-state index in [-0.39, 0.29) is 11.8 Å². The van der Waals surface area contributed by atoms with Gasteiger partial charge in [0.05, 0.1) is 5.69 Å². The van der Waals surface area contributed by atoms with Gasteiger partial charge in [-0.3, -0.25) is 4.79 Å². The zero-order valence-corrected chi connectivity index (χ0v) is 21.4. The Morgan fingerprint density at radius 2 is 1.42 bits per heavy atom. The molecule has 0 aliphatic heterocycles. The maximum Gasteiger partial charge on any atom is 0.220 e. The molecule has 0 unspecified atom stereocenters. The molecule has 3 nitrogen and oxygen atoms in total. The lowest BCUT2D eigenvalue weighted by atomic mass is 9.88. The van der Waals surface area contributed by atoms with E-state index in [2.05, 4.69) is 52.8 Å². The van der Waals surface area contributed by atoms with Crippen molar-refractivity contribution in [2.45, 2.75) is 17.2 Å². The average Bonchev–Trinajstić information content (AvgIpc) is 3.29. The number of rotatable bonds is 9. The number of thioether (sulfide) groups is 1. The minimum absolute atomic E-state index is 0.0326. The van der Waals surface area contributed by atoms with Gasteiger partial charge in [0.2, 0.25) is 5.91 Å². The number of amides is 1. The van der Waals surface area contributed by atoms with Gasteiger partial charge in [-0.25, -0.2) is 0 Å². The first-order valence-corrected chi connectivity index (χ1v) is 13.4. The number of nitrogens with one attached hydrogen (secondary N) is 2. The Morgan fingerprint density at radius 3 is 2.08 bits per heavy atom. The summed E-state index contributed by atoms with van der Waals surface area (Å²) in [5.74, 6) is 0.866. The number of carbonyl (C=O) groups excluding carboxylic acids is 1. The van der Waals surface area contributed by atoms with E-state index in [0.717, 1.165) is 38.7 Å². The van der Waals surface area contributed by atoms with Crippen molar-refractivity contribution >= 4 is 40.2 Å². The summed E-state index contributed by atoms with van der Waals surface area (Å²) in [6, 6.07) is 36.7. The number of hydrogen-bond acceptors (Lipinski definition) is 2. The molecule has 1 amide bonds. The molecule has 5 heteroatoms. The van der Waals surface area contributed by atoms with E-state index in [1.165, 1.54) is 10.3 Å². The molecule has 2 N–H and O–H groups in total. The third kappa shape index (κ3) is 5.67. The Morgan fingerprint density at radius 1 is 0.806 bits per heavy atom. The summed E-state index contributed by atoms with van der Waals surface area (Å²) >= 11 is 7.87. The summed E-state index contributed by atoms with van der Waals surface area (Å²) in [5, 5.41) is 5.05. The predicted octanol–water partition coefficient (Wildman–Crippen LogP) is 7.92. The van der Waals surface area contributed by atoms with Gasteiger partial charge in [0.1, 0.15) is 0 Å². The Labute approximate surface area is 220 Å². The zero-order chi connectivity index (χ0) is 24.7. The van der Waals surface area contributed by atoms with Crippen LogP contribution in [0.1, 0.15) is 23.5 Å². The Kier molecular flexibility index (Phi) is 7.75. The average molecular weight is 511 g/mol. The maximum absolute atomic E-state index is 13.0. The molecule has 1 heterocycles. The molecule has 1 aromatic heterocycles. The van der Waals surface area contributed by atoms with Crippen molar-refractivity contribution in [3.8, 4) is 11.3 Å². The quantitative estimate of drug-likeness (QED) is 0.156. The molecule has 0 aliphatic rings. The molecule has 0 fully saturated rings. The molecule has 4 aromatic carbocycles. The fourth-order valence-corrected chi connectivity index (χ4v) is 5.67. The highest BCUT2D eigenvalue weighted by Gasteiger charge is 2.18. The number of hydrogen-bond donors (Lipinski definition) is 2. The van der Waals surface area contributed by atoms with Crippen molar-refractivity contribution in [1.29, 1.82) is 0 Å². The summed E-state index contributed by atoms with van der Waals surface area (Å²) in [7, 11) is 0. The lowest BCUT2D eigenvalue weighted by Gasteiger charge is -2.18. The number of carbonyl (C=O) groups is 1. The molecule has 36 heavy (non-hydrogen) atoms. The van der Waals surface area contributed by atoms with Crippen molar-refractivity contribution < 1.29 is 4.79 Å². The van der Waals surface area contributed by atoms with Crippen LogP contribution in [0, 0.1) is 0 Å². The number of benzene rings is 4. The van der Waals surface area contributed by atoms with E-state index in [1.807, 2.05) is 66.7 Å². The van der Waals surface area contributed by atoms with Gasteiger partial charge in [-0.1, -0.05) is 103 Å². The van der Waals surface area contributed by atoms with E-state index in [9.17, 15) is 4.79 Å². The van der Waals surface area contributed by atoms with Crippen LogP contribution in [0.5, 0.6) is 0 Å². The highest BCUT2D eigenvalue weighted by molar-refractivity contribution is 7.99. The lowest BCUT2D eigenvalue weighted by molar-refractivity contribution is -0.121.